The van der Waals surface area contributed by atoms with Gasteiger partial charge in [-0.25, -0.2) is 4.79 Å². The minimum atomic E-state index is -0.559. The highest BCUT2D eigenvalue weighted by Crippen LogP contribution is 2.13. The zero-order valence-electron chi connectivity index (χ0n) is 15.1. The van der Waals surface area contributed by atoms with Crippen LogP contribution in [0.3, 0.4) is 0 Å². The molecule has 7 nitrogen and oxygen atoms in total. The molecule has 1 aromatic heterocycles. The summed E-state index contributed by atoms with van der Waals surface area (Å²) in [6.07, 6.45) is 0.929. The van der Waals surface area contributed by atoms with Crippen LogP contribution >= 0.6 is 11.6 Å². The molecule has 0 fully saturated rings. The van der Waals surface area contributed by atoms with Gasteiger partial charge in [0.15, 0.2) is 0 Å². The van der Waals surface area contributed by atoms with Crippen molar-refractivity contribution in [1.29, 1.82) is 0 Å². The van der Waals surface area contributed by atoms with Crippen molar-refractivity contribution >= 4 is 29.3 Å². The lowest BCUT2D eigenvalue weighted by molar-refractivity contribution is 0.0913. The molecule has 3 rings (SSSR count). The first-order chi connectivity index (χ1) is 13.5. The summed E-state index contributed by atoms with van der Waals surface area (Å²) < 4.78 is 10.1. The van der Waals surface area contributed by atoms with Crippen molar-refractivity contribution in [2.24, 2.45) is 0 Å². The molecule has 2 aromatic carbocycles. The molecule has 0 radical (unpaired) electrons. The Morgan fingerprint density at radius 1 is 1.07 bits per heavy atom. The number of amides is 2. The van der Waals surface area contributed by atoms with E-state index in [4.69, 9.17) is 20.9 Å². The molecular formula is C20H18ClN3O4. The monoisotopic (exact) mass is 399 g/mol. The number of benzene rings is 2. The number of ether oxygens (including phenoxy) is 1. The Hall–Kier alpha value is -3.32. The molecule has 3 aromatic rings. The van der Waals surface area contributed by atoms with Gasteiger partial charge in [0.1, 0.15) is 6.61 Å². The molecule has 0 saturated carbocycles. The zero-order chi connectivity index (χ0) is 19.9. The number of carbonyl (C=O) groups excluding carboxylic acids is 2. The Kier molecular flexibility index (Phi) is 6.29. The fourth-order valence-corrected chi connectivity index (χ4v) is 2.49. The van der Waals surface area contributed by atoms with Gasteiger partial charge < -0.3 is 14.6 Å². The van der Waals surface area contributed by atoms with Crippen LogP contribution in [0.1, 0.15) is 27.2 Å². The zero-order valence-corrected chi connectivity index (χ0v) is 15.8. The number of aryl methyl sites for hydroxylation is 1. The predicted molar refractivity (Wildman–Crippen MR) is 104 cm³/mol. The highest BCUT2D eigenvalue weighted by molar-refractivity contribution is 6.30. The van der Waals surface area contributed by atoms with Crippen LogP contribution in [0.2, 0.25) is 5.02 Å². The largest absolute Gasteiger partial charge is 0.444 e. The predicted octanol–water partition coefficient (Wildman–Crippen LogP) is 4.32. The lowest BCUT2D eigenvalue weighted by Gasteiger charge is -2.08. The number of rotatable bonds is 6. The number of hydrogen-bond donors (Lipinski definition) is 2. The van der Waals surface area contributed by atoms with Crippen LogP contribution in [0, 0.1) is 6.92 Å². The molecule has 8 heteroatoms. The van der Waals surface area contributed by atoms with Crippen LogP contribution in [0.15, 0.2) is 59.3 Å². The Labute approximate surface area is 166 Å². The average molecular weight is 400 g/mol. The second-order valence-corrected chi connectivity index (χ2v) is 6.48. The van der Waals surface area contributed by atoms with Gasteiger partial charge in [-0.15, -0.1) is 0 Å². The lowest BCUT2D eigenvalue weighted by Crippen LogP contribution is -2.23. The molecule has 0 unspecified atom stereocenters. The second-order valence-electron chi connectivity index (χ2n) is 6.05. The van der Waals surface area contributed by atoms with Crippen LogP contribution in [0.25, 0.3) is 0 Å². The molecule has 0 aliphatic heterocycles. The summed E-state index contributed by atoms with van der Waals surface area (Å²) in [7, 11) is 0. The molecule has 0 saturated heterocycles. The summed E-state index contributed by atoms with van der Waals surface area (Å²) in [6, 6.07) is 14.1. The lowest BCUT2D eigenvalue weighted by atomic mass is 10.2. The number of carbonyl (C=O) groups is 2. The smallest absolute Gasteiger partial charge is 0.411 e. The van der Waals surface area contributed by atoms with Crippen LogP contribution in [-0.2, 0) is 17.9 Å². The molecule has 0 aliphatic rings. The number of nitrogens with one attached hydrogen (secondary N) is 2. The number of aromatic nitrogens is 1. The van der Waals surface area contributed by atoms with Crippen molar-refractivity contribution in [3.8, 4) is 0 Å². The third kappa shape index (κ3) is 5.34. The molecule has 144 valence electrons. The van der Waals surface area contributed by atoms with Gasteiger partial charge in [-0.1, -0.05) is 41.0 Å². The fourth-order valence-electron chi connectivity index (χ4n) is 2.36. The summed E-state index contributed by atoms with van der Waals surface area (Å²) in [4.78, 5) is 23.9. The molecule has 2 amide bonds. The maximum atomic E-state index is 12.0. The van der Waals surface area contributed by atoms with Crippen LogP contribution in [-0.4, -0.2) is 17.2 Å². The maximum absolute atomic E-state index is 12.0. The van der Waals surface area contributed by atoms with Crippen molar-refractivity contribution in [3.63, 3.8) is 0 Å². The minimum absolute atomic E-state index is 0.147. The second kappa shape index (κ2) is 9.05. The summed E-state index contributed by atoms with van der Waals surface area (Å²) in [6.45, 7) is 2.21. The van der Waals surface area contributed by atoms with E-state index in [2.05, 4.69) is 15.8 Å². The van der Waals surface area contributed by atoms with Crippen molar-refractivity contribution in [3.05, 3.63) is 82.2 Å². The molecule has 0 bridgehead atoms. The van der Waals surface area contributed by atoms with Crippen LogP contribution < -0.4 is 10.6 Å². The van der Waals surface area contributed by atoms with E-state index in [0.717, 1.165) is 11.1 Å². The van der Waals surface area contributed by atoms with Crippen molar-refractivity contribution in [2.45, 2.75) is 20.1 Å². The number of hydrogen-bond acceptors (Lipinski definition) is 5. The van der Waals surface area contributed by atoms with Crippen molar-refractivity contribution in [1.82, 2.24) is 10.5 Å². The average Bonchev–Trinajstić information content (AvgIpc) is 3.13. The van der Waals surface area contributed by atoms with Crippen molar-refractivity contribution < 1.29 is 18.8 Å². The van der Waals surface area contributed by atoms with Gasteiger partial charge in [-0.2, -0.15) is 0 Å². The van der Waals surface area contributed by atoms with Gasteiger partial charge in [0, 0.05) is 22.8 Å². The summed E-state index contributed by atoms with van der Waals surface area (Å²) in [5.74, 6) is -0.135. The topological polar surface area (TPSA) is 93.5 Å². The third-order valence-corrected chi connectivity index (χ3v) is 4.14. The maximum Gasteiger partial charge on any atom is 0.411 e. The highest BCUT2D eigenvalue weighted by atomic mass is 35.5. The Bertz CT molecular complexity index is 952. The Morgan fingerprint density at radius 3 is 2.39 bits per heavy atom. The van der Waals surface area contributed by atoms with Gasteiger partial charge in [0.2, 0.25) is 5.76 Å². The van der Waals surface area contributed by atoms with Gasteiger partial charge >= 0.3 is 6.09 Å². The van der Waals surface area contributed by atoms with Gasteiger partial charge in [-0.3, -0.25) is 10.1 Å². The number of nitrogens with zero attached hydrogens (tertiary/aromatic N) is 1. The summed E-state index contributed by atoms with van der Waals surface area (Å²) in [5.41, 5.74) is 2.97. The first-order valence-electron chi connectivity index (χ1n) is 8.48. The summed E-state index contributed by atoms with van der Waals surface area (Å²) in [5, 5.41) is 9.61. The SMILES string of the molecule is Cc1cnoc1C(=O)NCc1ccc(NC(=O)OCc2ccc(Cl)cc2)cc1. The van der Waals surface area contributed by atoms with Crippen LogP contribution in [0.4, 0.5) is 10.5 Å². The molecular weight excluding hydrogens is 382 g/mol. The van der Waals surface area contributed by atoms with E-state index >= 15 is 0 Å². The number of halogens is 1. The van der Waals surface area contributed by atoms with Crippen LogP contribution in [0.5, 0.6) is 0 Å². The number of anilines is 1. The molecule has 2 N–H and O–H groups in total. The van der Waals surface area contributed by atoms with Gasteiger partial charge in [-0.05, 0) is 42.3 Å². The standard InChI is InChI=1S/C20H18ClN3O4/c1-13-10-23-28-18(13)19(25)22-11-14-4-8-17(9-5-14)24-20(26)27-12-15-2-6-16(21)7-3-15/h2-10H,11-12H2,1H3,(H,22,25)(H,24,26). The van der Waals surface area contributed by atoms with Gasteiger partial charge in [0.05, 0.1) is 6.20 Å². The molecule has 28 heavy (non-hydrogen) atoms. The molecule has 0 spiro atoms. The van der Waals surface area contributed by atoms with E-state index in [1.165, 1.54) is 6.20 Å². The summed E-state index contributed by atoms with van der Waals surface area (Å²) >= 11 is 5.82. The van der Waals surface area contributed by atoms with E-state index in [9.17, 15) is 9.59 Å². The van der Waals surface area contributed by atoms with Gasteiger partial charge in [0.25, 0.3) is 5.91 Å². The normalized spacial score (nSPS) is 10.4. The quantitative estimate of drug-likeness (QED) is 0.644. The van der Waals surface area contributed by atoms with Crippen molar-refractivity contribution in [2.75, 3.05) is 5.32 Å². The van der Waals surface area contributed by atoms with E-state index in [0.29, 0.717) is 22.8 Å². The van der Waals surface area contributed by atoms with E-state index < -0.39 is 6.09 Å². The van der Waals surface area contributed by atoms with E-state index in [1.54, 1.807) is 55.5 Å². The molecule has 0 aliphatic carbocycles. The fraction of sp³-hybridized carbons (Fsp3) is 0.150. The van der Waals surface area contributed by atoms with E-state index in [1.807, 2.05) is 0 Å². The van der Waals surface area contributed by atoms with E-state index in [-0.39, 0.29) is 18.3 Å². The Balaban J connectivity index is 1.46. The molecule has 0 atom stereocenters. The first kappa shape index (κ1) is 19.4. The third-order valence-electron chi connectivity index (χ3n) is 3.89. The molecule has 1 heterocycles. The highest BCUT2D eigenvalue weighted by Gasteiger charge is 2.13. The Morgan fingerprint density at radius 2 is 1.75 bits per heavy atom. The minimum Gasteiger partial charge on any atom is -0.444 e. The first-order valence-corrected chi connectivity index (χ1v) is 8.85.